The second kappa shape index (κ2) is 8.82. The number of nitrogens with one attached hydrogen (secondary N) is 1. The molecule has 0 bridgehead atoms. The van der Waals surface area contributed by atoms with Crippen molar-refractivity contribution in [3.8, 4) is 5.69 Å². The number of hydrogen-bond acceptors (Lipinski definition) is 2. The topological polar surface area (TPSA) is 33.1 Å². The van der Waals surface area contributed by atoms with Crippen molar-refractivity contribution in [3.05, 3.63) is 112 Å². The summed E-state index contributed by atoms with van der Waals surface area (Å²) in [5, 5.41) is 5.59. The predicted molar refractivity (Wildman–Crippen MR) is 140 cm³/mol. The van der Waals surface area contributed by atoms with Crippen LogP contribution >= 0.6 is 35.4 Å². The standard InChI is InChI=1S/C26H22Cl2N4S/c1-16-15-22(17(2)31(16)20-10-6-18(27)7-11-20)25-24(23-5-3-4-14-29-23)30-26(33)32(25)21-12-8-19(28)9-13-21/h3-15,24-25H,1-2H3,(H,30,33)/t24-,25-/m1/s1. The van der Waals surface area contributed by atoms with Crippen LogP contribution in [-0.4, -0.2) is 14.7 Å². The maximum Gasteiger partial charge on any atom is 0.174 e. The number of anilines is 1. The highest BCUT2D eigenvalue weighted by Crippen LogP contribution is 2.43. The molecule has 5 rings (SSSR count). The van der Waals surface area contributed by atoms with E-state index in [1.54, 1.807) is 0 Å². The second-order valence-corrected chi connectivity index (χ2v) is 9.37. The van der Waals surface area contributed by atoms with Gasteiger partial charge in [0, 0.05) is 39.0 Å². The molecule has 1 N–H and O–H groups in total. The van der Waals surface area contributed by atoms with E-state index in [9.17, 15) is 0 Å². The number of benzene rings is 2. The smallest absolute Gasteiger partial charge is 0.174 e. The fourth-order valence-corrected chi connectivity index (χ4v) is 5.22. The molecule has 3 heterocycles. The van der Waals surface area contributed by atoms with Crippen molar-refractivity contribution in [1.29, 1.82) is 0 Å². The highest BCUT2D eigenvalue weighted by atomic mass is 35.5. The van der Waals surface area contributed by atoms with Crippen LogP contribution in [0.3, 0.4) is 0 Å². The van der Waals surface area contributed by atoms with Gasteiger partial charge in [-0.3, -0.25) is 4.98 Å². The number of nitrogens with zero attached hydrogens (tertiary/aromatic N) is 3. The van der Waals surface area contributed by atoms with Crippen LogP contribution in [-0.2, 0) is 0 Å². The number of pyridine rings is 1. The van der Waals surface area contributed by atoms with Crippen LogP contribution in [0.2, 0.25) is 10.0 Å². The molecule has 0 aliphatic carbocycles. The minimum atomic E-state index is -0.103. The first-order chi connectivity index (χ1) is 15.9. The van der Waals surface area contributed by atoms with E-state index in [1.807, 2.05) is 72.9 Å². The van der Waals surface area contributed by atoms with E-state index in [4.69, 9.17) is 35.4 Å². The summed E-state index contributed by atoms with van der Waals surface area (Å²) < 4.78 is 2.25. The maximum absolute atomic E-state index is 6.17. The van der Waals surface area contributed by atoms with Crippen LogP contribution in [0, 0.1) is 13.8 Å². The summed E-state index contributed by atoms with van der Waals surface area (Å²) in [5.41, 5.74) is 6.46. The number of hydrogen-bond donors (Lipinski definition) is 1. The van der Waals surface area contributed by atoms with Gasteiger partial charge in [0.25, 0.3) is 0 Å². The molecule has 7 heteroatoms. The lowest BCUT2D eigenvalue weighted by Gasteiger charge is -2.28. The Morgan fingerprint density at radius 2 is 1.52 bits per heavy atom. The summed E-state index contributed by atoms with van der Waals surface area (Å²) >= 11 is 18.1. The molecule has 166 valence electrons. The third-order valence-corrected chi connectivity index (χ3v) is 6.90. The fourth-order valence-electron chi connectivity index (χ4n) is 4.63. The van der Waals surface area contributed by atoms with Gasteiger partial charge in [-0.25, -0.2) is 0 Å². The molecule has 1 aliphatic rings. The van der Waals surface area contributed by atoms with E-state index in [2.05, 4.69) is 39.7 Å². The van der Waals surface area contributed by atoms with Gasteiger partial charge >= 0.3 is 0 Å². The van der Waals surface area contributed by atoms with Crippen molar-refractivity contribution in [2.75, 3.05) is 4.90 Å². The van der Waals surface area contributed by atoms with Crippen LogP contribution < -0.4 is 10.2 Å². The summed E-state index contributed by atoms with van der Waals surface area (Å²) in [7, 11) is 0. The van der Waals surface area contributed by atoms with Gasteiger partial charge in [0.05, 0.1) is 17.8 Å². The lowest BCUT2D eigenvalue weighted by molar-refractivity contribution is 0.565. The molecule has 2 aromatic carbocycles. The van der Waals surface area contributed by atoms with Gasteiger partial charge < -0.3 is 14.8 Å². The summed E-state index contributed by atoms with van der Waals surface area (Å²) in [6.45, 7) is 4.27. The van der Waals surface area contributed by atoms with E-state index in [0.29, 0.717) is 10.1 Å². The van der Waals surface area contributed by atoms with Gasteiger partial charge in [-0.1, -0.05) is 29.3 Å². The Balaban J connectivity index is 1.67. The Kier molecular flexibility index (Phi) is 5.87. The van der Waals surface area contributed by atoms with Crippen molar-refractivity contribution in [3.63, 3.8) is 0 Å². The molecule has 0 unspecified atom stereocenters. The third kappa shape index (κ3) is 4.01. The molecular formula is C26H22Cl2N4S. The van der Waals surface area contributed by atoms with E-state index < -0.39 is 0 Å². The van der Waals surface area contributed by atoms with E-state index in [1.165, 1.54) is 5.56 Å². The number of thiocarbonyl (C=S) groups is 1. The molecule has 33 heavy (non-hydrogen) atoms. The SMILES string of the molecule is Cc1cc([C@@H]2[C@@H](c3ccccn3)NC(=S)N2c2ccc(Cl)cc2)c(C)n1-c1ccc(Cl)cc1. The van der Waals surface area contributed by atoms with Gasteiger partial charge in [0.1, 0.15) is 0 Å². The molecule has 4 aromatic rings. The van der Waals surface area contributed by atoms with Crippen LogP contribution in [0.4, 0.5) is 5.69 Å². The Labute approximate surface area is 208 Å². The summed E-state index contributed by atoms with van der Waals surface area (Å²) in [6, 6.07) is 23.7. The van der Waals surface area contributed by atoms with Gasteiger partial charge in [-0.15, -0.1) is 0 Å². The molecule has 0 radical (unpaired) electrons. The van der Waals surface area contributed by atoms with Crippen LogP contribution in [0.1, 0.15) is 34.7 Å². The van der Waals surface area contributed by atoms with Crippen molar-refractivity contribution in [2.24, 2.45) is 0 Å². The zero-order valence-electron chi connectivity index (χ0n) is 18.2. The Morgan fingerprint density at radius 1 is 0.879 bits per heavy atom. The zero-order valence-corrected chi connectivity index (χ0v) is 20.5. The minimum absolute atomic E-state index is 0.0826. The van der Waals surface area contributed by atoms with E-state index in [0.717, 1.165) is 33.5 Å². The quantitative estimate of drug-likeness (QED) is 0.311. The highest BCUT2D eigenvalue weighted by Gasteiger charge is 2.42. The van der Waals surface area contributed by atoms with Crippen molar-refractivity contribution in [2.45, 2.75) is 25.9 Å². The molecule has 2 aromatic heterocycles. The van der Waals surface area contributed by atoms with Gasteiger partial charge in [0.15, 0.2) is 5.11 Å². The largest absolute Gasteiger partial charge is 0.351 e. The molecule has 1 aliphatic heterocycles. The van der Waals surface area contributed by atoms with Crippen LogP contribution in [0.15, 0.2) is 79.0 Å². The predicted octanol–water partition coefficient (Wildman–Crippen LogP) is 6.97. The molecular weight excluding hydrogens is 471 g/mol. The molecule has 4 nitrogen and oxygen atoms in total. The highest BCUT2D eigenvalue weighted by molar-refractivity contribution is 7.80. The first kappa shape index (κ1) is 22.0. The number of aryl methyl sites for hydroxylation is 1. The minimum Gasteiger partial charge on any atom is -0.351 e. The third-order valence-electron chi connectivity index (χ3n) is 6.08. The summed E-state index contributed by atoms with van der Waals surface area (Å²) in [6.07, 6.45) is 1.82. The molecule has 2 atom stereocenters. The Morgan fingerprint density at radius 3 is 2.12 bits per heavy atom. The molecule has 1 fully saturated rings. The van der Waals surface area contributed by atoms with Gasteiger partial charge in [-0.2, -0.15) is 0 Å². The van der Waals surface area contributed by atoms with Crippen LogP contribution in [0.25, 0.3) is 5.69 Å². The van der Waals surface area contributed by atoms with Crippen LogP contribution in [0.5, 0.6) is 0 Å². The Bertz CT molecular complexity index is 1300. The molecule has 0 spiro atoms. The number of rotatable bonds is 4. The molecule has 0 saturated carbocycles. The summed E-state index contributed by atoms with van der Waals surface area (Å²) in [5.74, 6) is 0. The van der Waals surface area contributed by atoms with E-state index in [-0.39, 0.29) is 12.1 Å². The number of aromatic nitrogens is 2. The molecule has 0 amide bonds. The summed E-state index contributed by atoms with van der Waals surface area (Å²) in [4.78, 5) is 6.81. The number of halogens is 2. The second-order valence-electron chi connectivity index (χ2n) is 8.11. The first-order valence-corrected chi connectivity index (χ1v) is 11.8. The maximum atomic E-state index is 6.17. The lowest BCUT2D eigenvalue weighted by Crippen LogP contribution is -2.29. The monoisotopic (exact) mass is 492 g/mol. The first-order valence-electron chi connectivity index (χ1n) is 10.6. The van der Waals surface area contributed by atoms with Crippen molar-refractivity contribution < 1.29 is 0 Å². The average molecular weight is 493 g/mol. The van der Waals surface area contributed by atoms with Crippen molar-refractivity contribution >= 4 is 46.2 Å². The van der Waals surface area contributed by atoms with Gasteiger partial charge in [0.2, 0.25) is 0 Å². The zero-order chi connectivity index (χ0) is 23.1. The fraction of sp³-hybridized carbons (Fsp3) is 0.154. The lowest BCUT2D eigenvalue weighted by atomic mass is 9.96. The normalized spacial score (nSPS) is 17.9. The Hall–Kier alpha value is -2.86. The van der Waals surface area contributed by atoms with Gasteiger partial charge in [-0.05, 0) is 98.4 Å². The molecule has 1 saturated heterocycles. The van der Waals surface area contributed by atoms with Crippen molar-refractivity contribution in [1.82, 2.24) is 14.9 Å². The average Bonchev–Trinajstić information content (AvgIpc) is 3.31. The van der Waals surface area contributed by atoms with E-state index >= 15 is 0 Å².